The van der Waals surface area contributed by atoms with Crippen molar-refractivity contribution in [2.75, 3.05) is 11.8 Å². The highest BCUT2D eigenvalue weighted by Gasteiger charge is 2.23. The molecule has 8 heteroatoms. The zero-order valence-corrected chi connectivity index (χ0v) is 15.1. The number of fused-ring (bicyclic) bond motifs is 1. The van der Waals surface area contributed by atoms with Gasteiger partial charge in [0.25, 0.3) is 10.0 Å². The van der Waals surface area contributed by atoms with Gasteiger partial charge >= 0.3 is 0 Å². The number of nitrogens with one attached hydrogen (secondary N) is 2. The third-order valence-corrected chi connectivity index (χ3v) is 5.49. The maximum atomic E-state index is 12.8. The molecule has 0 radical (unpaired) electrons. The van der Waals surface area contributed by atoms with E-state index in [1.807, 2.05) is 6.07 Å². The average Bonchev–Trinajstić information content (AvgIpc) is 2.96. The standard InChI is InChI=1S/C15H12BrClN2O3S/c1-22-15-11(16)7-9(17)8-14(15)23(20,21)19-13-4-2-3-12-10(13)5-6-18-12/h2-8,18-19H,1H3. The smallest absolute Gasteiger partial charge is 0.265 e. The molecule has 2 N–H and O–H groups in total. The molecule has 0 unspecified atom stereocenters. The van der Waals surface area contributed by atoms with Crippen LogP contribution in [0.5, 0.6) is 5.75 Å². The molecule has 3 rings (SSSR count). The van der Waals surface area contributed by atoms with Crippen LogP contribution >= 0.6 is 27.5 Å². The Balaban J connectivity index is 2.11. The number of aromatic nitrogens is 1. The summed E-state index contributed by atoms with van der Waals surface area (Å²) >= 11 is 9.25. The van der Waals surface area contributed by atoms with Crippen LogP contribution in [0.1, 0.15) is 0 Å². The van der Waals surface area contributed by atoms with Crippen LogP contribution in [0.15, 0.2) is 52.0 Å². The van der Waals surface area contributed by atoms with Gasteiger partial charge < -0.3 is 9.72 Å². The highest BCUT2D eigenvalue weighted by atomic mass is 79.9. The van der Waals surface area contributed by atoms with Gasteiger partial charge in [-0.05, 0) is 46.3 Å². The van der Waals surface area contributed by atoms with Crippen molar-refractivity contribution < 1.29 is 13.2 Å². The maximum absolute atomic E-state index is 12.8. The van der Waals surface area contributed by atoms with E-state index in [2.05, 4.69) is 25.6 Å². The summed E-state index contributed by atoms with van der Waals surface area (Å²) in [4.78, 5) is 3.00. The first-order valence-electron chi connectivity index (χ1n) is 6.54. The second kappa shape index (κ2) is 6.07. The Morgan fingerprint density at radius 3 is 2.78 bits per heavy atom. The van der Waals surface area contributed by atoms with Crippen LogP contribution in [0.3, 0.4) is 0 Å². The van der Waals surface area contributed by atoms with Crippen molar-refractivity contribution in [1.82, 2.24) is 4.98 Å². The highest BCUT2D eigenvalue weighted by Crippen LogP contribution is 2.36. The van der Waals surface area contributed by atoms with E-state index >= 15 is 0 Å². The molecule has 0 fully saturated rings. The highest BCUT2D eigenvalue weighted by molar-refractivity contribution is 9.10. The molecule has 1 heterocycles. The molecule has 0 bridgehead atoms. The van der Waals surface area contributed by atoms with Crippen molar-refractivity contribution in [2.45, 2.75) is 4.90 Å². The van der Waals surface area contributed by atoms with Crippen LogP contribution in [0.2, 0.25) is 5.02 Å². The molecule has 1 aromatic heterocycles. The summed E-state index contributed by atoms with van der Waals surface area (Å²) in [5.41, 5.74) is 1.31. The van der Waals surface area contributed by atoms with Crippen molar-refractivity contribution >= 4 is 54.1 Å². The number of hydrogen-bond donors (Lipinski definition) is 2. The van der Waals surface area contributed by atoms with E-state index in [-0.39, 0.29) is 15.7 Å². The Morgan fingerprint density at radius 1 is 1.26 bits per heavy atom. The SMILES string of the molecule is COc1c(Br)cc(Cl)cc1S(=O)(=O)Nc1cccc2[nH]ccc12. The largest absolute Gasteiger partial charge is 0.494 e. The summed E-state index contributed by atoms with van der Waals surface area (Å²) in [5.74, 6) is 0.197. The summed E-state index contributed by atoms with van der Waals surface area (Å²) < 4.78 is 33.8. The lowest BCUT2D eigenvalue weighted by atomic mass is 10.2. The zero-order valence-electron chi connectivity index (χ0n) is 11.9. The van der Waals surface area contributed by atoms with Gasteiger partial charge in [0, 0.05) is 22.1 Å². The van der Waals surface area contributed by atoms with Crippen molar-refractivity contribution in [2.24, 2.45) is 0 Å². The Morgan fingerprint density at radius 2 is 2.04 bits per heavy atom. The number of ether oxygens (including phenoxy) is 1. The molecular weight excluding hydrogens is 404 g/mol. The Bertz CT molecular complexity index is 986. The number of aromatic amines is 1. The molecule has 23 heavy (non-hydrogen) atoms. The minimum atomic E-state index is -3.87. The van der Waals surface area contributed by atoms with Crippen molar-refractivity contribution in [1.29, 1.82) is 0 Å². The molecule has 0 amide bonds. The first-order chi connectivity index (χ1) is 10.9. The fraction of sp³-hybridized carbons (Fsp3) is 0.0667. The molecule has 3 aromatic rings. The molecule has 0 aliphatic carbocycles. The van der Waals surface area contributed by atoms with Gasteiger partial charge in [0.2, 0.25) is 0 Å². The molecule has 0 spiro atoms. The van der Waals surface area contributed by atoms with Gasteiger partial charge in [-0.1, -0.05) is 17.7 Å². The van der Waals surface area contributed by atoms with Crippen molar-refractivity contribution in [3.8, 4) is 5.75 Å². The van der Waals surface area contributed by atoms with Crippen LogP contribution < -0.4 is 9.46 Å². The van der Waals surface area contributed by atoms with Crippen LogP contribution in [0.4, 0.5) is 5.69 Å². The normalized spacial score (nSPS) is 11.6. The van der Waals surface area contributed by atoms with E-state index in [9.17, 15) is 8.42 Å². The zero-order chi connectivity index (χ0) is 16.6. The molecule has 0 atom stereocenters. The molecule has 2 aromatic carbocycles. The molecule has 0 saturated heterocycles. The van der Waals surface area contributed by atoms with E-state index in [1.54, 1.807) is 30.5 Å². The summed E-state index contributed by atoms with van der Waals surface area (Å²) in [6, 6.07) is 10.1. The van der Waals surface area contributed by atoms with E-state index < -0.39 is 10.0 Å². The molecule has 0 saturated carbocycles. The Labute approximate surface area is 146 Å². The van der Waals surface area contributed by atoms with Crippen LogP contribution in [0, 0.1) is 0 Å². The summed E-state index contributed by atoms with van der Waals surface area (Å²) in [7, 11) is -2.47. The molecular formula is C15H12BrClN2O3S. The van der Waals surface area contributed by atoms with Gasteiger partial charge in [-0.15, -0.1) is 0 Å². The number of halogens is 2. The Kier molecular flexibility index (Phi) is 4.27. The maximum Gasteiger partial charge on any atom is 0.265 e. The van der Waals surface area contributed by atoms with E-state index in [4.69, 9.17) is 16.3 Å². The predicted molar refractivity (Wildman–Crippen MR) is 94.8 cm³/mol. The van der Waals surface area contributed by atoms with E-state index in [1.165, 1.54) is 13.2 Å². The molecule has 0 aliphatic heterocycles. The lowest BCUT2D eigenvalue weighted by Gasteiger charge is -2.14. The van der Waals surface area contributed by atoms with E-state index in [0.29, 0.717) is 10.2 Å². The quantitative estimate of drug-likeness (QED) is 0.664. The number of H-pyrrole nitrogens is 1. The lowest BCUT2D eigenvalue weighted by Crippen LogP contribution is -2.14. The van der Waals surface area contributed by atoms with Gasteiger partial charge in [-0.3, -0.25) is 4.72 Å². The van der Waals surface area contributed by atoms with Crippen LogP contribution in [-0.4, -0.2) is 20.5 Å². The van der Waals surface area contributed by atoms with Gasteiger partial charge in [0.1, 0.15) is 4.90 Å². The van der Waals surface area contributed by atoms with Gasteiger partial charge in [0.05, 0.1) is 17.3 Å². The first kappa shape index (κ1) is 16.2. The monoisotopic (exact) mass is 414 g/mol. The number of sulfonamides is 1. The van der Waals surface area contributed by atoms with E-state index in [0.717, 1.165) is 10.9 Å². The number of methoxy groups -OCH3 is 1. The van der Waals surface area contributed by atoms with Gasteiger partial charge in [-0.25, -0.2) is 8.42 Å². The van der Waals surface area contributed by atoms with Gasteiger partial charge in [-0.2, -0.15) is 0 Å². The Hall–Kier alpha value is -1.70. The lowest BCUT2D eigenvalue weighted by molar-refractivity contribution is 0.400. The van der Waals surface area contributed by atoms with Crippen molar-refractivity contribution in [3.63, 3.8) is 0 Å². The molecule has 120 valence electrons. The number of hydrogen-bond acceptors (Lipinski definition) is 3. The minimum Gasteiger partial charge on any atom is -0.494 e. The van der Waals surface area contributed by atoms with Crippen molar-refractivity contribution in [3.05, 3.63) is 52.1 Å². The predicted octanol–water partition coefficient (Wildman–Crippen LogP) is 4.39. The molecule has 5 nitrogen and oxygen atoms in total. The number of rotatable bonds is 4. The average molecular weight is 416 g/mol. The number of anilines is 1. The minimum absolute atomic E-state index is 0.0353. The second-order valence-electron chi connectivity index (χ2n) is 4.77. The fourth-order valence-electron chi connectivity index (χ4n) is 2.31. The van der Waals surface area contributed by atoms with Gasteiger partial charge in [0.15, 0.2) is 5.75 Å². The summed E-state index contributed by atoms with van der Waals surface area (Å²) in [6.07, 6.45) is 1.75. The van der Waals surface area contributed by atoms with Crippen LogP contribution in [-0.2, 0) is 10.0 Å². The second-order valence-corrected chi connectivity index (χ2v) is 7.71. The third kappa shape index (κ3) is 3.04. The first-order valence-corrected chi connectivity index (χ1v) is 9.20. The van der Waals surface area contributed by atoms with Crippen LogP contribution in [0.25, 0.3) is 10.9 Å². The third-order valence-electron chi connectivity index (χ3n) is 3.31. The number of benzene rings is 2. The summed E-state index contributed by atoms with van der Waals surface area (Å²) in [5, 5.41) is 1.06. The summed E-state index contributed by atoms with van der Waals surface area (Å²) in [6.45, 7) is 0. The topological polar surface area (TPSA) is 71.2 Å². The fourth-order valence-corrected chi connectivity index (χ4v) is 4.77. The molecule has 0 aliphatic rings.